The SMILES string of the molecule is CCC(CC(C)C(=O)OC12CC3CC(CC(O)(C3)C1)C2)C(=O)OC12CC3CC(O)(C1)CC(C(=O)OC(C)(C)C)(C3)C2. The Morgan fingerprint density at radius 2 is 1.37 bits per heavy atom. The van der Waals surface area contributed by atoms with Crippen LogP contribution in [0.25, 0.3) is 0 Å². The van der Waals surface area contributed by atoms with Crippen molar-refractivity contribution >= 4 is 17.9 Å². The molecule has 230 valence electrons. The van der Waals surface area contributed by atoms with Crippen LogP contribution in [0.2, 0.25) is 0 Å². The first-order valence-corrected chi connectivity index (χ1v) is 16.1. The number of esters is 3. The van der Waals surface area contributed by atoms with Gasteiger partial charge in [0.25, 0.3) is 0 Å². The summed E-state index contributed by atoms with van der Waals surface area (Å²) >= 11 is 0. The highest BCUT2D eigenvalue weighted by Crippen LogP contribution is 2.65. The molecule has 8 rings (SSSR count). The average Bonchev–Trinajstić information content (AvgIpc) is 2.77. The van der Waals surface area contributed by atoms with Gasteiger partial charge >= 0.3 is 17.9 Å². The van der Waals surface area contributed by atoms with Crippen molar-refractivity contribution in [3.63, 3.8) is 0 Å². The molecule has 8 aliphatic carbocycles. The summed E-state index contributed by atoms with van der Waals surface area (Å²) in [6.45, 7) is 9.28. The van der Waals surface area contributed by atoms with Crippen LogP contribution in [-0.4, -0.2) is 56.1 Å². The van der Waals surface area contributed by atoms with Gasteiger partial charge in [-0.25, -0.2) is 0 Å². The van der Waals surface area contributed by atoms with Gasteiger partial charge in [-0.05, 0) is 109 Å². The van der Waals surface area contributed by atoms with E-state index in [0.29, 0.717) is 69.6 Å². The van der Waals surface area contributed by atoms with Crippen molar-refractivity contribution in [3.8, 4) is 0 Å². The summed E-state index contributed by atoms with van der Waals surface area (Å²) in [5.41, 5.74) is -4.70. The van der Waals surface area contributed by atoms with Crippen LogP contribution < -0.4 is 0 Å². The summed E-state index contributed by atoms with van der Waals surface area (Å²) in [7, 11) is 0. The van der Waals surface area contributed by atoms with Crippen LogP contribution in [-0.2, 0) is 28.6 Å². The maximum Gasteiger partial charge on any atom is 0.312 e. The first-order chi connectivity index (χ1) is 19.0. The molecule has 8 nitrogen and oxygen atoms in total. The minimum absolute atomic E-state index is 0.0978. The van der Waals surface area contributed by atoms with Crippen LogP contribution in [0.5, 0.6) is 0 Å². The van der Waals surface area contributed by atoms with E-state index in [1.165, 1.54) is 0 Å². The second kappa shape index (κ2) is 9.41. The van der Waals surface area contributed by atoms with Crippen LogP contribution in [0.4, 0.5) is 0 Å². The summed E-state index contributed by atoms with van der Waals surface area (Å²) in [4.78, 5) is 40.5. The van der Waals surface area contributed by atoms with Crippen molar-refractivity contribution in [2.75, 3.05) is 0 Å². The number of carbonyl (C=O) groups is 3. The zero-order valence-corrected chi connectivity index (χ0v) is 25.6. The molecule has 8 fully saturated rings. The van der Waals surface area contributed by atoms with Crippen molar-refractivity contribution in [2.24, 2.45) is 35.0 Å². The van der Waals surface area contributed by atoms with Crippen LogP contribution >= 0.6 is 0 Å². The third-order valence-corrected chi connectivity index (χ3v) is 11.3. The van der Waals surface area contributed by atoms with E-state index in [0.717, 1.165) is 32.1 Å². The fourth-order valence-electron chi connectivity index (χ4n) is 10.8. The summed E-state index contributed by atoms with van der Waals surface area (Å²) in [6, 6.07) is 0. The van der Waals surface area contributed by atoms with Crippen LogP contribution in [0.1, 0.15) is 125 Å². The van der Waals surface area contributed by atoms with Crippen molar-refractivity contribution in [1.29, 1.82) is 0 Å². The van der Waals surface area contributed by atoms with Gasteiger partial charge in [-0.2, -0.15) is 0 Å². The number of hydrogen-bond donors (Lipinski definition) is 2. The smallest absolute Gasteiger partial charge is 0.312 e. The highest BCUT2D eigenvalue weighted by molar-refractivity contribution is 5.79. The molecule has 8 bridgehead atoms. The van der Waals surface area contributed by atoms with Crippen molar-refractivity contribution in [2.45, 2.75) is 153 Å². The van der Waals surface area contributed by atoms with Gasteiger partial charge in [0.1, 0.15) is 16.8 Å². The quantitative estimate of drug-likeness (QED) is 0.307. The fraction of sp³-hybridized carbons (Fsp3) is 0.909. The molecule has 0 aromatic rings. The van der Waals surface area contributed by atoms with E-state index in [9.17, 15) is 24.6 Å². The van der Waals surface area contributed by atoms with Gasteiger partial charge in [-0.3, -0.25) is 14.4 Å². The molecule has 8 unspecified atom stereocenters. The molecule has 8 heteroatoms. The molecule has 8 saturated carbocycles. The van der Waals surface area contributed by atoms with Gasteiger partial charge < -0.3 is 24.4 Å². The van der Waals surface area contributed by atoms with E-state index in [4.69, 9.17) is 14.2 Å². The summed E-state index contributed by atoms with van der Waals surface area (Å²) in [5.74, 6) is -0.993. The fourth-order valence-corrected chi connectivity index (χ4v) is 10.8. The third kappa shape index (κ3) is 5.45. The first-order valence-electron chi connectivity index (χ1n) is 16.1. The number of hydrogen-bond acceptors (Lipinski definition) is 8. The van der Waals surface area contributed by atoms with Gasteiger partial charge in [-0.15, -0.1) is 0 Å². The number of aliphatic hydroxyl groups is 2. The van der Waals surface area contributed by atoms with Crippen molar-refractivity contribution in [1.82, 2.24) is 0 Å². The van der Waals surface area contributed by atoms with Crippen LogP contribution in [0.3, 0.4) is 0 Å². The Kier molecular flexibility index (Phi) is 6.75. The Bertz CT molecular complexity index is 1100. The number of carbonyl (C=O) groups excluding carboxylic acids is 3. The molecule has 2 N–H and O–H groups in total. The lowest BCUT2D eigenvalue weighted by Crippen LogP contribution is -2.66. The van der Waals surface area contributed by atoms with E-state index < -0.39 is 45.3 Å². The second-order valence-electron chi connectivity index (χ2n) is 16.7. The van der Waals surface area contributed by atoms with Crippen LogP contribution in [0.15, 0.2) is 0 Å². The molecule has 0 amide bonds. The molecular formula is C33H50O8. The van der Waals surface area contributed by atoms with Gasteiger partial charge in [0.05, 0.1) is 28.5 Å². The highest BCUT2D eigenvalue weighted by Gasteiger charge is 2.68. The normalized spacial score (nSPS) is 45.3. The number of rotatable bonds is 8. The predicted molar refractivity (Wildman–Crippen MR) is 149 cm³/mol. The Morgan fingerprint density at radius 3 is 1.95 bits per heavy atom. The minimum Gasteiger partial charge on any atom is -0.460 e. The molecule has 8 atom stereocenters. The molecule has 0 aliphatic heterocycles. The minimum atomic E-state index is -1.04. The molecule has 0 spiro atoms. The van der Waals surface area contributed by atoms with E-state index in [1.54, 1.807) is 0 Å². The monoisotopic (exact) mass is 574 g/mol. The summed E-state index contributed by atoms with van der Waals surface area (Å²) in [5, 5.41) is 22.5. The zero-order valence-electron chi connectivity index (χ0n) is 25.6. The highest BCUT2D eigenvalue weighted by atomic mass is 16.6. The largest absolute Gasteiger partial charge is 0.460 e. The van der Waals surface area contributed by atoms with Crippen molar-refractivity contribution < 1.29 is 38.8 Å². The van der Waals surface area contributed by atoms with E-state index in [1.807, 2.05) is 34.6 Å². The topological polar surface area (TPSA) is 119 Å². The van der Waals surface area contributed by atoms with Gasteiger partial charge in [-0.1, -0.05) is 13.8 Å². The zero-order chi connectivity index (χ0) is 29.6. The molecule has 0 saturated heterocycles. The van der Waals surface area contributed by atoms with Gasteiger partial charge in [0.15, 0.2) is 0 Å². The Balaban J connectivity index is 1.12. The Labute approximate surface area is 244 Å². The number of ether oxygens (including phenoxy) is 3. The molecule has 0 aromatic carbocycles. The molecular weight excluding hydrogens is 524 g/mol. The van der Waals surface area contributed by atoms with Crippen LogP contribution in [0, 0.1) is 35.0 Å². The Morgan fingerprint density at radius 1 is 0.780 bits per heavy atom. The summed E-state index contributed by atoms with van der Waals surface area (Å²) in [6.07, 6.45) is 8.76. The Hall–Kier alpha value is -1.67. The third-order valence-electron chi connectivity index (χ3n) is 11.3. The first kappa shape index (κ1) is 29.4. The molecule has 8 aliphatic rings. The van der Waals surface area contributed by atoms with E-state index in [2.05, 4.69) is 0 Å². The van der Waals surface area contributed by atoms with E-state index >= 15 is 0 Å². The molecule has 0 aromatic heterocycles. The lowest BCUT2D eigenvalue weighted by atomic mass is 9.46. The molecule has 0 radical (unpaired) electrons. The van der Waals surface area contributed by atoms with E-state index in [-0.39, 0.29) is 23.8 Å². The maximum absolute atomic E-state index is 13.7. The average molecular weight is 575 g/mol. The second-order valence-corrected chi connectivity index (χ2v) is 16.7. The maximum atomic E-state index is 13.7. The lowest BCUT2D eigenvalue weighted by molar-refractivity contribution is -0.252. The standard InChI is InChI=1S/C33H50O8/c1-6-24(7-20(2)25(34)39-32-13-21-8-22(14-32)11-30(37,10-21)18-32)26(35)40-33-15-23-9-29(17-33,16-31(38,12-23)19-33)27(36)41-28(3,4)5/h20-24,37-38H,6-19H2,1-5H3. The molecule has 41 heavy (non-hydrogen) atoms. The van der Waals surface area contributed by atoms with Gasteiger partial charge in [0.2, 0.25) is 0 Å². The van der Waals surface area contributed by atoms with Crippen molar-refractivity contribution in [3.05, 3.63) is 0 Å². The lowest BCUT2D eigenvalue weighted by Gasteiger charge is -2.63. The molecule has 0 heterocycles. The van der Waals surface area contributed by atoms with Gasteiger partial charge in [0, 0.05) is 19.3 Å². The summed E-state index contributed by atoms with van der Waals surface area (Å²) < 4.78 is 18.3. The predicted octanol–water partition coefficient (Wildman–Crippen LogP) is 5.00.